The van der Waals surface area contributed by atoms with Crippen molar-refractivity contribution in [1.82, 2.24) is 0 Å². The highest BCUT2D eigenvalue weighted by molar-refractivity contribution is 6.33. The van der Waals surface area contributed by atoms with Crippen molar-refractivity contribution in [3.8, 4) is 22.8 Å². The molecule has 0 spiro atoms. The molecule has 2 aromatic rings. The van der Waals surface area contributed by atoms with Crippen LogP contribution >= 0.6 is 11.6 Å². The van der Waals surface area contributed by atoms with Crippen LogP contribution in [0.3, 0.4) is 0 Å². The molecule has 1 aromatic heterocycles. The lowest BCUT2D eigenvalue weighted by atomic mass is 10.0. The molecule has 2 unspecified atom stereocenters. The first kappa shape index (κ1) is 19.7. The molecule has 0 saturated carbocycles. The Balaban J connectivity index is 2.31. The highest BCUT2D eigenvalue weighted by atomic mass is 35.5. The van der Waals surface area contributed by atoms with Gasteiger partial charge in [-0.05, 0) is 36.6 Å². The van der Waals surface area contributed by atoms with E-state index in [1.54, 1.807) is 7.11 Å². The van der Waals surface area contributed by atoms with Crippen LogP contribution < -0.4 is 9.47 Å². The third-order valence-corrected chi connectivity index (χ3v) is 4.94. The molecular weight excluding hydrogens is 336 g/mol. The van der Waals surface area contributed by atoms with E-state index in [0.29, 0.717) is 35.0 Å². The Morgan fingerprint density at radius 2 is 1.84 bits per heavy atom. The number of ether oxygens (including phenoxy) is 2. The van der Waals surface area contributed by atoms with Gasteiger partial charge in [-0.25, -0.2) is 0 Å². The minimum atomic E-state index is 0.411. The van der Waals surface area contributed by atoms with Crippen molar-refractivity contribution in [2.24, 2.45) is 5.92 Å². The molecular formula is C21H29ClO3. The summed E-state index contributed by atoms with van der Waals surface area (Å²) in [6, 6.07) is 7.88. The summed E-state index contributed by atoms with van der Waals surface area (Å²) in [5.74, 6) is 3.92. The maximum atomic E-state index is 6.41. The lowest BCUT2D eigenvalue weighted by Crippen LogP contribution is -2.07. The van der Waals surface area contributed by atoms with E-state index in [4.69, 9.17) is 25.5 Å². The minimum absolute atomic E-state index is 0.411. The molecule has 2 atom stereocenters. The zero-order chi connectivity index (χ0) is 18.4. The van der Waals surface area contributed by atoms with Crippen LogP contribution in [-0.4, -0.2) is 13.7 Å². The molecule has 0 amide bonds. The molecule has 25 heavy (non-hydrogen) atoms. The summed E-state index contributed by atoms with van der Waals surface area (Å²) < 4.78 is 17.4. The van der Waals surface area contributed by atoms with E-state index in [-0.39, 0.29) is 0 Å². The molecule has 0 aliphatic rings. The standard InChI is InChI=1S/C21H29ClO3/c1-6-8-15(4)17-9-10-18(25-17)16-11-19(23-5)21(22)20(12-16)24-13-14(3)7-2/h9-12,14-15H,6-8,13H2,1-5H3. The zero-order valence-corrected chi connectivity index (χ0v) is 16.7. The van der Waals surface area contributed by atoms with Gasteiger partial charge in [-0.1, -0.05) is 52.1 Å². The lowest BCUT2D eigenvalue weighted by Gasteiger charge is -2.15. The second kappa shape index (κ2) is 9.19. The van der Waals surface area contributed by atoms with E-state index in [1.807, 2.05) is 18.2 Å². The van der Waals surface area contributed by atoms with E-state index in [9.17, 15) is 0 Å². The molecule has 0 aliphatic carbocycles. The zero-order valence-electron chi connectivity index (χ0n) is 15.9. The lowest BCUT2D eigenvalue weighted by molar-refractivity contribution is 0.255. The Labute approximate surface area is 156 Å². The van der Waals surface area contributed by atoms with Gasteiger partial charge < -0.3 is 13.9 Å². The molecule has 4 heteroatoms. The van der Waals surface area contributed by atoms with Crippen LogP contribution in [-0.2, 0) is 0 Å². The number of methoxy groups -OCH3 is 1. The summed E-state index contributed by atoms with van der Waals surface area (Å²) in [5, 5.41) is 0.501. The Morgan fingerprint density at radius 1 is 1.12 bits per heavy atom. The Bertz CT molecular complexity index is 678. The quantitative estimate of drug-likeness (QED) is 0.483. The van der Waals surface area contributed by atoms with E-state index in [0.717, 1.165) is 36.3 Å². The first-order valence-corrected chi connectivity index (χ1v) is 9.48. The van der Waals surface area contributed by atoms with Crippen molar-refractivity contribution in [1.29, 1.82) is 0 Å². The second-order valence-electron chi connectivity index (χ2n) is 6.71. The Morgan fingerprint density at radius 3 is 2.48 bits per heavy atom. The van der Waals surface area contributed by atoms with Gasteiger partial charge in [0.2, 0.25) is 0 Å². The average molecular weight is 365 g/mol. The van der Waals surface area contributed by atoms with Crippen LogP contribution in [0.4, 0.5) is 0 Å². The largest absolute Gasteiger partial charge is 0.495 e. The predicted molar refractivity (Wildman–Crippen MR) is 104 cm³/mol. The molecule has 0 bridgehead atoms. The third-order valence-electron chi connectivity index (χ3n) is 4.56. The average Bonchev–Trinajstić information content (AvgIpc) is 3.11. The van der Waals surface area contributed by atoms with Crippen LogP contribution in [0.2, 0.25) is 5.02 Å². The predicted octanol–water partition coefficient (Wildman–Crippen LogP) is 6.94. The van der Waals surface area contributed by atoms with Gasteiger partial charge in [0.25, 0.3) is 0 Å². The number of hydrogen-bond donors (Lipinski definition) is 0. The Hall–Kier alpha value is -1.61. The fourth-order valence-electron chi connectivity index (χ4n) is 2.67. The molecule has 0 aliphatic heterocycles. The molecule has 0 saturated heterocycles. The molecule has 138 valence electrons. The molecule has 1 aromatic carbocycles. The van der Waals surface area contributed by atoms with E-state index >= 15 is 0 Å². The first-order chi connectivity index (χ1) is 12.0. The fourth-order valence-corrected chi connectivity index (χ4v) is 2.91. The van der Waals surface area contributed by atoms with Gasteiger partial charge in [-0.3, -0.25) is 0 Å². The minimum Gasteiger partial charge on any atom is -0.495 e. The van der Waals surface area contributed by atoms with Gasteiger partial charge in [-0.2, -0.15) is 0 Å². The van der Waals surface area contributed by atoms with Gasteiger partial charge >= 0.3 is 0 Å². The third kappa shape index (κ3) is 4.94. The first-order valence-electron chi connectivity index (χ1n) is 9.10. The summed E-state index contributed by atoms with van der Waals surface area (Å²) in [6.45, 7) is 9.30. The summed E-state index contributed by atoms with van der Waals surface area (Å²) in [7, 11) is 1.61. The van der Waals surface area contributed by atoms with Crippen LogP contribution in [0.15, 0.2) is 28.7 Å². The second-order valence-corrected chi connectivity index (χ2v) is 7.08. The van der Waals surface area contributed by atoms with E-state index in [2.05, 4.69) is 33.8 Å². The van der Waals surface area contributed by atoms with Crippen molar-refractivity contribution in [2.45, 2.75) is 52.9 Å². The smallest absolute Gasteiger partial charge is 0.142 e. The molecule has 0 radical (unpaired) electrons. The van der Waals surface area contributed by atoms with E-state index < -0.39 is 0 Å². The molecule has 3 nitrogen and oxygen atoms in total. The van der Waals surface area contributed by atoms with E-state index in [1.165, 1.54) is 0 Å². The van der Waals surface area contributed by atoms with Crippen LogP contribution in [0.25, 0.3) is 11.3 Å². The van der Waals surface area contributed by atoms with Crippen molar-refractivity contribution < 1.29 is 13.9 Å². The maximum Gasteiger partial charge on any atom is 0.142 e. The van der Waals surface area contributed by atoms with Gasteiger partial charge in [0.1, 0.15) is 28.0 Å². The topological polar surface area (TPSA) is 31.6 Å². The number of furan rings is 1. The van der Waals surface area contributed by atoms with Crippen molar-refractivity contribution in [2.75, 3.05) is 13.7 Å². The maximum absolute atomic E-state index is 6.41. The molecule has 1 heterocycles. The molecule has 0 fully saturated rings. The van der Waals surface area contributed by atoms with Crippen LogP contribution in [0, 0.1) is 5.92 Å². The summed E-state index contributed by atoms with van der Waals surface area (Å²) in [5.41, 5.74) is 0.912. The highest BCUT2D eigenvalue weighted by Gasteiger charge is 2.16. The number of halogens is 1. The SMILES string of the molecule is CCCC(C)c1ccc(-c2cc(OC)c(Cl)c(OCC(C)CC)c2)o1. The van der Waals surface area contributed by atoms with Gasteiger partial charge in [0.05, 0.1) is 13.7 Å². The molecule has 2 rings (SSSR count). The number of rotatable bonds is 9. The highest BCUT2D eigenvalue weighted by Crippen LogP contribution is 2.40. The van der Waals surface area contributed by atoms with Gasteiger partial charge in [0.15, 0.2) is 0 Å². The summed E-state index contributed by atoms with van der Waals surface area (Å²) in [4.78, 5) is 0. The Kier molecular flexibility index (Phi) is 7.24. The summed E-state index contributed by atoms with van der Waals surface area (Å²) in [6.07, 6.45) is 3.31. The van der Waals surface area contributed by atoms with Crippen LogP contribution in [0.5, 0.6) is 11.5 Å². The number of hydrogen-bond acceptors (Lipinski definition) is 3. The van der Waals surface area contributed by atoms with Gasteiger partial charge in [0, 0.05) is 11.5 Å². The monoisotopic (exact) mass is 364 g/mol. The summed E-state index contributed by atoms with van der Waals surface area (Å²) >= 11 is 6.41. The van der Waals surface area contributed by atoms with Crippen molar-refractivity contribution in [3.63, 3.8) is 0 Å². The fraction of sp³-hybridized carbons (Fsp3) is 0.524. The van der Waals surface area contributed by atoms with Crippen molar-refractivity contribution >= 4 is 11.6 Å². The molecule has 0 N–H and O–H groups in total. The van der Waals surface area contributed by atoms with Crippen LogP contribution in [0.1, 0.15) is 58.6 Å². The number of benzene rings is 1. The van der Waals surface area contributed by atoms with Gasteiger partial charge in [-0.15, -0.1) is 0 Å². The van der Waals surface area contributed by atoms with Crippen molar-refractivity contribution in [3.05, 3.63) is 35.0 Å². The normalized spacial score (nSPS) is 13.5.